The molecule has 0 unspecified atom stereocenters. The van der Waals surface area contributed by atoms with Gasteiger partial charge in [0.05, 0.1) is 28.9 Å². The maximum Gasteiger partial charge on any atom is 0.269 e. The van der Waals surface area contributed by atoms with Gasteiger partial charge in [-0.25, -0.2) is 9.96 Å². The van der Waals surface area contributed by atoms with Crippen LogP contribution in [-0.4, -0.2) is 29.4 Å². The van der Waals surface area contributed by atoms with Gasteiger partial charge in [-0.15, -0.1) is 0 Å². The van der Waals surface area contributed by atoms with E-state index < -0.39 is 28.9 Å². The Morgan fingerprint density at radius 2 is 1.60 bits per heavy atom. The average Bonchev–Trinajstić information content (AvgIpc) is 3.39. The molecular weight excluding hydrogens is 450 g/mol. The Hall–Kier alpha value is -4.24. The van der Waals surface area contributed by atoms with Gasteiger partial charge in [0, 0.05) is 12.1 Å². The van der Waals surface area contributed by atoms with Crippen LogP contribution in [0, 0.1) is 16.0 Å². The molecule has 2 heterocycles. The summed E-state index contributed by atoms with van der Waals surface area (Å²) >= 11 is 0. The van der Waals surface area contributed by atoms with Crippen molar-refractivity contribution in [3.8, 4) is 5.75 Å². The van der Waals surface area contributed by atoms with E-state index in [2.05, 4.69) is 0 Å². The lowest BCUT2D eigenvalue weighted by Gasteiger charge is -2.28. The third-order valence-corrected chi connectivity index (χ3v) is 6.14. The highest BCUT2D eigenvalue weighted by Gasteiger charge is 2.60. The van der Waals surface area contributed by atoms with Crippen molar-refractivity contribution in [2.24, 2.45) is 5.92 Å². The van der Waals surface area contributed by atoms with Crippen LogP contribution in [0.3, 0.4) is 0 Å². The standard InChI is InChI=1S/C26H23N3O6/c1-2-16-34-21-14-12-18(13-15-21)27-25(30)22-23(17-8-10-20(11-9-17)29(32)33)28(35-24(22)26(27)31)19-6-4-3-5-7-19/h3-15,22-24H,2,16H2,1H3/t22-,23+,24+/m1/s1. The minimum atomic E-state index is -1.01. The highest BCUT2D eigenvalue weighted by atomic mass is 16.7. The molecule has 3 aromatic rings. The molecule has 0 radical (unpaired) electrons. The lowest BCUT2D eigenvalue weighted by atomic mass is 9.90. The predicted molar refractivity (Wildman–Crippen MR) is 128 cm³/mol. The summed E-state index contributed by atoms with van der Waals surface area (Å²) in [6.07, 6.45) is -0.146. The summed E-state index contributed by atoms with van der Waals surface area (Å²) in [6, 6.07) is 21.3. The first kappa shape index (κ1) is 22.5. The van der Waals surface area contributed by atoms with Crippen LogP contribution in [0.5, 0.6) is 5.75 Å². The SMILES string of the molecule is CCCOc1ccc(N2C(=O)[C@H]3[C@H](ON(c4ccccc4)[C@H]3c3ccc([N+](=O)[O-])cc3)C2=O)cc1. The van der Waals surface area contributed by atoms with E-state index >= 15 is 0 Å². The molecule has 0 spiro atoms. The highest BCUT2D eigenvalue weighted by Crippen LogP contribution is 2.47. The first-order valence-corrected chi connectivity index (χ1v) is 11.4. The molecular formula is C26H23N3O6. The maximum absolute atomic E-state index is 13.6. The molecule has 0 bridgehead atoms. The number of non-ortho nitro benzene ring substituents is 1. The first-order chi connectivity index (χ1) is 17.0. The number of imide groups is 1. The molecule has 2 fully saturated rings. The normalized spacial score (nSPS) is 21.3. The number of nitrogens with zero attached hydrogens (tertiary/aromatic N) is 3. The first-order valence-electron chi connectivity index (χ1n) is 11.4. The third kappa shape index (κ3) is 4.00. The zero-order valence-corrected chi connectivity index (χ0v) is 18.9. The van der Waals surface area contributed by atoms with Gasteiger partial charge in [-0.2, -0.15) is 0 Å². The minimum absolute atomic E-state index is 0.0590. The Bertz CT molecular complexity index is 1250. The largest absolute Gasteiger partial charge is 0.494 e. The van der Waals surface area contributed by atoms with Crippen molar-refractivity contribution in [2.75, 3.05) is 16.6 Å². The zero-order valence-electron chi connectivity index (χ0n) is 18.9. The predicted octanol–water partition coefficient (Wildman–Crippen LogP) is 4.43. The van der Waals surface area contributed by atoms with Gasteiger partial charge in [0.2, 0.25) is 5.91 Å². The molecule has 0 aromatic heterocycles. The third-order valence-electron chi connectivity index (χ3n) is 6.14. The molecule has 9 nitrogen and oxygen atoms in total. The number of hydrogen-bond acceptors (Lipinski definition) is 7. The number of rotatable bonds is 7. The van der Waals surface area contributed by atoms with Crippen LogP contribution >= 0.6 is 0 Å². The van der Waals surface area contributed by atoms with Crippen LogP contribution in [0.4, 0.5) is 17.1 Å². The summed E-state index contributed by atoms with van der Waals surface area (Å²) in [5.74, 6) is -0.998. The van der Waals surface area contributed by atoms with E-state index in [1.165, 1.54) is 12.1 Å². The van der Waals surface area contributed by atoms with Crippen molar-refractivity contribution >= 4 is 28.9 Å². The molecule has 9 heteroatoms. The van der Waals surface area contributed by atoms with Crippen LogP contribution in [0.1, 0.15) is 24.9 Å². The Kier molecular flexibility index (Phi) is 5.92. The van der Waals surface area contributed by atoms with E-state index in [0.29, 0.717) is 29.3 Å². The van der Waals surface area contributed by atoms with Crippen molar-refractivity contribution < 1.29 is 24.1 Å². The molecule has 3 aromatic carbocycles. The van der Waals surface area contributed by atoms with Crippen LogP contribution in [0.15, 0.2) is 78.9 Å². The van der Waals surface area contributed by atoms with Gasteiger partial charge < -0.3 is 4.74 Å². The summed E-state index contributed by atoms with van der Waals surface area (Å²) in [7, 11) is 0. The van der Waals surface area contributed by atoms with Gasteiger partial charge in [-0.3, -0.25) is 24.5 Å². The molecule has 0 N–H and O–H groups in total. The number of hydroxylamine groups is 1. The number of para-hydroxylation sites is 1. The highest BCUT2D eigenvalue weighted by molar-refractivity contribution is 6.23. The molecule has 2 amide bonds. The number of nitro benzene ring substituents is 1. The second-order valence-electron chi connectivity index (χ2n) is 8.36. The summed E-state index contributed by atoms with van der Waals surface area (Å²) in [4.78, 5) is 44.9. The van der Waals surface area contributed by atoms with Gasteiger partial charge in [0.1, 0.15) is 11.7 Å². The summed E-state index contributed by atoms with van der Waals surface area (Å²) < 4.78 is 5.60. The summed E-state index contributed by atoms with van der Waals surface area (Å²) in [5, 5.41) is 12.7. The van der Waals surface area contributed by atoms with E-state index in [0.717, 1.165) is 11.3 Å². The second-order valence-corrected chi connectivity index (χ2v) is 8.36. The monoisotopic (exact) mass is 473 g/mol. The fraction of sp³-hybridized carbons (Fsp3) is 0.231. The Labute approximate surface area is 201 Å². The molecule has 0 aliphatic carbocycles. The Balaban J connectivity index is 1.50. The van der Waals surface area contributed by atoms with Crippen LogP contribution in [0.2, 0.25) is 0 Å². The van der Waals surface area contributed by atoms with Crippen molar-refractivity contribution in [2.45, 2.75) is 25.5 Å². The maximum atomic E-state index is 13.6. The van der Waals surface area contributed by atoms with Gasteiger partial charge in [0.25, 0.3) is 11.6 Å². The molecule has 3 atom stereocenters. The molecule has 35 heavy (non-hydrogen) atoms. The van der Waals surface area contributed by atoms with E-state index in [-0.39, 0.29) is 11.6 Å². The molecule has 2 aliphatic heterocycles. The zero-order chi connectivity index (χ0) is 24.5. The topological polar surface area (TPSA) is 102 Å². The average molecular weight is 473 g/mol. The number of amides is 2. The van der Waals surface area contributed by atoms with Gasteiger partial charge in [0.15, 0.2) is 6.10 Å². The number of carbonyl (C=O) groups is 2. The second kappa shape index (κ2) is 9.19. The fourth-order valence-electron chi connectivity index (χ4n) is 4.51. The lowest BCUT2D eigenvalue weighted by Crippen LogP contribution is -2.37. The van der Waals surface area contributed by atoms with Crippen LogP contribution in [-0.2, 0) is 14.4 Å². The quantitative estimate of drug-likeness (QED) is 0.284. The van der Waals surface area contributed by atoms with E-state index in [9.17, 15) is 19.7 Å². The van der Waals surface area contributed by atoms with Gasteiger partial charge in [-0.1, -0.05) is 37.3 Å². The van der Waals surface area contributed by atoms with Gasteiger partial charge >= 0.3 is 0 Å². The molecule has 0 saturated carbocycles. The number of carbonyl (C=O) groups excluding carboxylic acids is 2. The number of fused-ring (bicyclic) bond motifs is 1. The van der Waals surface area contributed by atoms with E-state index in [4.69, 9.17) is 9.57 Å². The number of anilines is 2. The minimum Gasteiger partial charge on any atom is -0.494 e. The van der Waals surface area contributed by atoms with Crippen LogP contribution in [0.25, 0.3) is 0 Å². The number of hydrogen-bond donors (Lipinski definition) is 0. The van der Waals surface area contributed by atoms with Crippen LogP contribution < -0.4 is 14.7 Å². The Morgan fingerprint density at radius 1 is 0.914 bits per heavy atom. The van der Waals surface area contributed by atoms with Crippen molar-refractivity contribution in [1.29, 1.82) is 0 Å². The van der Waals surface area contributed by atoms with Gasteiger partial charge in [-0.05, 0) is 48.4 Å². The molecule has 178 valence electrons. The molecule has 2 saturated heterocycles. The molecule has 2 aliphatic rings. The summed E-state index contributed by atoms with van der Waals surface area (Å²) in [5.41, 5.74) is 1.69. The van der Waals surface area contributed by atoms with Crippen molar-refractivity contribution in [1.82, 2.24) is 0 Å². The number of benzene rings is 3. The Morgan fingerprint density at radius 3 is 2.23 bits per heavy atom. The summed E-state index contributed by atoms with van der Waals surface area (Å²) in [6.45, 7) is 2.58. The fourth-order valence-corrected chi connectivity index (χ4v) is 4.51. The smallest absolute Gasteiger partial charge is 0.269 e. The van der Waals surface area contributed by atoms with E-state index in [1.54, 1.807) is 41.5 Å². The lowest BCUT2D eigenvalue weighted by molar-refractivity contribution is -0.384. The van der Waals surface area contributed by atoms with Crippen molar-refractivity contribution in [3.63, 3.8) is 0 Å². The van der Waals surface area contributed by atoms with E-state index in [1.807, 2.05) is 37.3 Å². The van der Waals surface area contributed by atoms with Crippen molar-refractivity contribution in [3.05, 3.63) is 94.5 Å². The molecule has 5 rings (SSSR count). The number of nitro groups is 1. The number of ether oxygens (including phenoxy) is 1.